The van der Waals surface area contributed by atoms with Crippen LogP contribution in [0.2, 0.25) is 0 Å². The van der Waals surface area contributed by atoms with Crippen molar-refractivity contribution in [3.05, 3.63) is 42.1 Å². The van der Waals surface area contributed by atoms with Gasteiger partial charge in [0.05, 0.1) is 18.4 Å². The van der Waals surface area contributed by atoms with Gasteiger partial charge in [0.25, 0.3) is 11.8 Å². The monoisotopic (exact) mass is 402 g/mol. The number of esters is 1. The lowest BCUT2D eigenvalue weighted by Crippen LogP contribution is -2.36. The highest BCUT2D eigenvalue weighted by molar-refractivity contribution is 5.99. The molecule has 0 saturated heterocycles. The van der Waals surface area contributed by atoms with Crippen LogP contribution in [0.1, 0.15) is 44.1 Å². The second kappa shape index (κ2) is 10.3. The summed E-state index contributed by atoms with van der Waals surface area (Å²) < 4.78 is 12.1. The molecule has 2 N–H and O–H groups in total. The van der Waals surface area contributed by atoms with Gasteiger partial charge in [-0.25, -0.2) is 4.68 Å². The van der Waals surface area contributed by atoms with Gasteiger partial charge in [-0.1, -0.05) is 12.1 Å². The number of amides is 2. The second-order valence-electron chi connectivity index (χ2n) is 6.49. The van der Waals surface area contributed by atoms with E-state index in [2.05, 4.69) is 15.7 Å². The van der Waals surface area contributed by atoms with Gasteiger partial charge >= 0.3 is 5.97 Å². The number of hydrogen-bond donors (Lipinski definition) is 2. The van der Waals surface area contributed by atoms with Crippen LogP contribution in [0.25, 0.3) is 0 Å². The zero-order valence-corrected chi connectivity index (χ0v) is 17.0. The average molecular weight is 402 g/mol. The van der Waals surface area contributed by atoms with Crippen LogP contribution in [0, 0.1) is 0 Å². The molecule has 1 aromatic carbocycles. The lowest BCUT2D eigenvalue weighted by molar-refractivity contribution is -0.152. The number of nitrogens with zero attached hydrogens (tertiary/aromatic N) is 2. The van der Waals surface area contributed by atoms with Crippen LogP contribution in [0.4, 0.5) is 5.82 Å². The number of nitrogens with one attached hydrogen (secondary N) is 2. The van der Waals surface area contributed by atoms with Gasteiger partial charge < -0.3 is 20.1 Å². The molecule has 1 aromatic heterocycles. The van der Waals surface area contributed by atoms with Crippen molar-refractivity contribution in [3.63, 3.8) is 0 Å². The summed E-state index contributed by atoms with van der Waals surface area (Å²) in [6.45, 7) is 7.16. The predicted octanol–water partition coefficient (Wildman–Crippen LogP) is 2.16. The topological polar surface area (TPSA) is 112 Å². The van der Waals surface area contributed by atoms with E-state index in [-0.39, 0.29) is 12.6 Å². The first-order valence-electron chi connectivity index (χ1n) is 9.37. The summed E-state index contributed by atoms with van der Waals surface area (Å²) in [7, 11) is 0. The largest absolute Gasteiger partial charge is 0.493 e. The Hall–Kier alpha value is -3.36. The predicted molar refractivity (Wildman–Crippen MR) is 107 cm³/mol. The summed E-state index contributed by atoms with van der Waals surface area (Å²) in [6, 6.07) is 8.44. The molecule has 0 radical (unpaired) electrons. The maximum absolute atomic E-state index is 12.3. The van der Waals surface area contributed by atoms with E-state index in [9.17, 15) is 14.4 Å². The minimum absolute atomic E-state index is 0.0629. The van der Waals surface area contributed by atoms with E-state index in [0.717, 1.165) is 0 Å². The Balaban J connectivity index is 1.86. The van der Waals surface area contributed by atoms with Crippen molar-refractivity contribution in [1.82, 2.24) is 15.1 Å². The molecule has 1 heterocycles. The summed E-state index contributed by atoms with van der Waals surface area (Å²) >= 11 is 0. The molecular weight excluding hydrogens is 376 g/mol. The number of benzene rings is 1. The first-order valence-corrected chi connectivity index (χ1v) is 9.37. The van der Waals surface area contributed by atoms with Gasteiger partial charge in [0.1, 0.15) is 18.1 Å². The molecule has 0 bridgehead atoms. The number of ether oxygens (including phenoxy) is 2. The number of rotatable bonds is 9. The number of carbonyl (C=O) groups excluding carboxylic acids is 3. The molecule has 0 fully saturated rings. The number of para-hydroxylation sites is 1. The molecule has 0 aliphatic carbocycles. The molecule has 0 saturated carbocycles. The maximum Gasteiger partial charge on any atom is 0.326 e. The van der Waals surface area contributed by atoms with Crippen LogP contribution in [-0.4, -0.2) is 46.8 Å². The number of hydrogen-bond acceptors (Lipinski definition) is 6. The average Bonchev–Trinajstić information content (AvgIpc) is 3.15. The van der Waals surface area contributed by atoms with E-state index in [1.165, 1.54) is 6.92 Å². The lowest BCUT2D eigenvalue weighted by Gasteiger charge is -2.16. The molecule has 9 nitrogen and oxygen atoms in total. The zero-order chi connectivity index (χ0) is 21.4. The summed E-state index contributed by atoms with van der Waals surface area (Å²) in [5, 5.41) is 9.27. The minimum atomic E-state index is -1.04. The van der Waals surface area contributed by atoms with Crippen LogP contribution < -0.4 is 15.4 Å². The van der Waals surface area contributed by atoms with Gasteiger partial charge in [0, 0.05) is 12.1 Å². The molecule has 156 valence electrons. The Labute approximate surface area is 169 Å². The SMILES string of the molecule is CCOc1ccccc1C(=O)NCC(=O)O[C@H](C)C(=O)Nc1ccnn1C(C)C. The normalized spacial score (nSPS) is 11.6. The van der Waals surface area contributed by atoms with E-state index >= 15 is 0 Å². The third kappa shape index (κ3) is 6.06. The number of anilines is 1. The smallest absolute Gasteiger partial charge is 0.326 e. The number of aromatic nitrogens is 2. The highest BCUT2D eigenvalue weighted by Gasteiger charge is 2.20. The molecule has 0 spiro atoms. The summed E-state index contributed by atoms with van der Waals surface area (Å²) in [5.74, 6) is -0.755. The van der Waals surface area contributed by atoms with Crippen molar-refractivity contribution in [2.75, 3.05) is 18.5 Å². The molecule has 2 aromatic rings. The third-order valence-electron chi connectivity index (χ3n) is 3.91. The molecule has 29 heavy (non-hydrogen) atoms. The Morgan fingerprint density at radius 3 is 2.55 bits per heavy atom. The van der Waals surface area contributed by atoms with Gasteiger partial charge in [0.2, 0.25) is 0 Å². The summed E-state index contributed by atoms with van der Waals surface area (Å²) in [5.41, 5.74) is 0.315. The summed E-state index contributed by atoms with van der Waals surface area (Å²) in [6.07, 6.45) is 0.535. The van der Waals surface area contributed by atoms with Crippen LogP contribution in [-0.2, 0) is 14.3 Å². The molecule has 1 atom stereocenters. The van der Waals surface area contributed by atoms with Crippen LogP contribution in [0.5, 0.6) is 5.75 Å². The highest BCUT2D eigenvalue weighted by Crippen LogP contribution is 2.17. The molecule has 2 rings (SSSR count). The molecule has 0 aliphatic rings. The van der Waals surface area contributed by atoms with Gasteiger partial charge in [0.15, 0.2) is 6.10 Å². The van der Waals surface area contributed by atoms with E-state index in [1.54, 1.807) is 41.2 Å². The summed E-state index contributed by atoms with van der Waals surface area (Å²) in [4.78, 5) is 36.6. The Morgan fingerprint density at radius 1 is 1.14 bits per heavy atom. The fourth-order valence-electron chi connectivity index (χ4n) is 2.53. The van der Waals surface area contributed by atoms with Crippen LogP contribution >= 0.6 is 0 Å². The van der Waals surface area contributed by atoms with Crippen molar-refractivity contribution < 1.29 is 23.9 Å². The maximum atomic E-state index is 12.3. The quantitative estimate of drug-likeness (QED) is 0.622. The first-order chi connectivity index (χ1) is 13.8. The molecule has 0 aliphatic heterocycles. The van der Waals surface area contributed by atoms with Crippen molar-refractivity contribution in [3.8, 4) is 5.75 Å². The van der Waals surface area contributed by atoms with Crippen molar-refractivity contribution in [2.24, 2.45) is 0 Å². The highest BCUT2D eigenvalue weighted by atomic mass is 16.5. The van der Waals surface area contributed by atoms with Gasteiger partial charge in [-0.15, -0.1) is 0 Å². The fourth-order valence-corrected chi connectivity index (χ4v) is 2.53. The van der Waals surface area contributed by atoms with Crippen molar-refractivity contribution in [2.45, 2.75) is 39.8 Å². The Kier molecular flexibility index (Phi) is 7.76. The minimum Gasteiger partial charge on any atom is -0.493 e. The molecule has 9 heteroatoms. The lowest BCUT2D eigenvalue weighted by atomic mass is 10.2. The second-order valence-corrected chi connectivity index (χ2v) is 6.49. The fraction of sp³-hybridized carbons (Fsp3) is 0.400. The van der Waals surface area contributed by atoms with E-state index in [0.29, 0.717) is 23.7 Å². The molecule has 2 amide bonds. The van der Waals surface area contributed by atoms with E-state index in [1.807, 2.05) is 20.8 Å². The molecule has 0 unspecified atom stereocenters. The first kappa shape index (κ1) is 21.9. The van der Waals surface area contributed by atoms with Crippen molar-refractivity contribution >= 4 is 23.6 Å². The zero-order valence-electron chi connectivity index (χ0n) is 17.0. The van der Waals surface area contributed by atoms with Crippen LogP contribution in [0.15, 0.2) is 36.5 Å². The van der Waals surface area contributed by atoms with Gasteiger partial charge in [-0.3, -0.25) is 14.4 Å². The van der Waals surface area contributed by atoms with Gasteiger partial charge in [-0.2, -0.15) is 5.10 Å². The molecular formula is C20H26N4O5. The van der Waals surface area contributed by atoms with Crippen molar-refractivity contribution in [1.29, 1.82) is 0 Å². The Morgan fingerprint density at radius 2 is 1.86 bits per heavy atom. The number of carbonyl (C=O) groups is 3. The van der Waals surface area contributed by atoms with E-state index in [4.69, 9.17) is 9.47 Å². The standard InChI is InChI=1S/C20H26N4O5/c1-5-28-16-9-7-6-8-15(16)20(27)21-12-18(25)29-14(4)19(26)23-17-10-11-22-24(17)13(2)3/h6-11,13-14H,5,12H2,1-4H3,(H,21,27)(H,23,26)/t14-/m1/s1. The van der Waals surface area contributed by atoms with E-state index < -0.39 is 23.9 Å². The third-order valence-corrected chi connectivity index (χ3v) is 3.91. The Bertz CT molecular complexity index is 862. The van der Waals surface area contributed by atoms with Crippen LogP contribution in [0.3, 0.4) is 0 Å². The van der Waals surface area contributed by atoms with Gasteiger partial charge in [-0.05, 0) is 39.8 Å².